The lowest BCUT2D eigenvalue weighted by molar-refractivity contribution is -0.121. The largest absolute Gasteiger partial charge is 0.354 e. The molecule has 0 unspecified atom stereocenters. The number of rotatable bonds is 6. The minimum atomic E-state index is -0.104. The zero-order valence-electron chi connectivity index (χ0n) is 11.9. The zero-order valence-corrected chi connectivity index (χ0v) is 11.9. The van der Waals surface area contributed by atoms with Crippen molar-refractivity contribution < 1.29 is 9.59 Å². The minimum absolute atomic E-state index is 0.0305. The Kier molecular flexibility index (Phi) is 6.06. The fourth-order valence-electron chi connectivity index (χ4n) is 1.68. The Morgan fingerprint density at radius 1 is 1.05 bits per heavy atom. The van der Waals surface area contributed by atoms with Gasteiger partial charge in [-0.15, -0.1) is 0 Å². The van der Waals surface area contributed by atoms with Gasteiger partial charge in [0.1, 0.15) is 0 Å². The molecule has 104 valence electrons. The van der Waals surface area contributed by atoms with Gasteiger partial charge in [-0.1, -0.05) is 13.0 Å². The van der Waals surface area contributed by atoms with Crippen molar-refractivity contribution in [2.75, 3.05) is 13.1 Å². The van der Waals surface area contributed by atoms with Gasteiger partial charge in [-0.2, -0.15) is 0 Å². The third-order valence-electron chi connectivity index (χ3n) is 2.98. The van der Waals surface area contributed by atoms with Crippen LogP contribution < -0.4 is 10.6 Å². The molecule has 4 nitrogen and oxygen atoms in total. The number of hydrogen-bond acceptors (Lipinski definition) is 2. The van der Waals surface area contributed by atoms with Gasteiger partial charge in [-0.3, -0.25) is 9.59 Å². The summed E-state index contributed by atoms with van der Waals surface area (Å²) >= 11 is 0. The van der Waals surface area contributed by atoms with Gasteiger partial charge in [0, 0.05) is 25.1 Å². The molecule has 1 aromatic carbocycles. The summed E-state index contributed by atoms with van der Waals surface area (Å²) in [6, 6.07) is 5.63. The highest BCUT2D eigenvalue weighted by Gasteiger charge is 2.06. The highest BCUT2D eigenvalue weighted by molar-refractivity contribution is 5.94. The number of carbonyl (C=O) groups excluding carboxylic acids is 2. The summed E-state index contributed by atoms with van der Waals surface area (Å²) in [5.41, 5.74) is 2.93. The molecule has 1 aromatic rings. The molecule has 0 atom stereocenters. The van der Waals surface area contributed by atoms with Gasteiger partial charge >= 0.3 is 0 Å². The summed E-state index contributed by atoms with van der Waals surface area (Å²) in [7, 11) is 0. The molecule has 0 fully saturated rings. The second kappa shape index (κ2) is 7.56. The molecule has 0 aliphatic carbocycles. The van der Waals surface area contributed by atoms with E-state index in [1.807, 2.05) is 39.0 Å². The molecule has 0 heterocycles. The van der Waals surface area contributed by atoms with Crippen LogP contribution in [0.25, 0.3) is 0 Å². The number of amides is 2. The molecule has 0 aliphatic heterocycles. The zero-order chi connectivity index (χ0) is 14.3. The van der Waals surface area contributed by atoms with E-state index in [0.717, 1.165) is 12.0 Å². The Morgan fingerprint density at radius 2 is 1.74 bits per heavy atom. The Labute approximate surface area is 114 Å². The molecule has 0 saturated heterocycles. The number of hydrogen-bond donors (Lipinski definition) is 2. The molecule has 2 N–H and O–H groups in total. The second-order valence-electron chi connectivity index (χ2n) is 4.65. The van der Waals surface area contributed by atoms with Crippen molar-refractivity contribution in [2.45, 2.75) is 33.6 Å². The van der Waals surface area contributed by atoms with Gasteiger partial charge < -0.3 is 10.6 Å². The monoisotopic (exact) mass is 262 g/mol. The van der Waals surface area contributed by atoms with Crippen LogP contribution in [0.2, 0.25) is 0 Å². The van der Waals surface area contributed by atoms with Gasteiger partial charge in [0.15, 0.2) is 0 Å². The smallest absolute Gasteiger partial charge is 0.251 e. The van der Waals surface area contributed by atoms with E-state index in [9.17, 15) is 9.59 Å². The quantitative estimate of drug-likeness (QED) is 0.770. The number of benzene rings is 1. The highest BCUT2D eigenvalue weighted by Crippen LogP contribution is 2.09. The van der Waals surface area contributed by atoms with Gasteiger partial charge in [-0.25, -0.2) is 0 Å². The van der Waals surface area contributed by atoms with Crippen LogP contribution in [0.4, 0.5) is 0 Å². The first-order chi connectivity index (χ1) is 9.04. The lowest BCUT2D eigenvalue weighted by atomic mass is 10.1. The molecule has 4 heteroatoms. The lowest BCUT2D eigenvalue weighted by Crippen LogP contribution is -2.34. The minimum Gasteiger partial charge on any atom is -0.354 e. The van der Waals surface area contributed by atoms with E-state index in [1.54, 1.807) is 0 Å². The maximum Gasteiger partial charge on any atom is 0.251 e. The van der Waals surface area contributed by atoms with Crippen LogP contribution in [-0.4, -0.2) is 24.9 Å². The van der Waals surface area contributed by atoms with Crippen molar-refractivity contribution in [2.24, 2.45) is 0 Å². The van der Waals surface area contributed by atoms with Crippen LogP contribution in [0, 0.1) is 13.8 Å². The summed E-state index contributed by atoms with van der Waals surface area (Å²) in [6.07, 6.45) is 1.37. The summed E-state index contributed by atoms with van der Waals surface area (Å²) < 4.78 is 0. The first kappa shape index (κ1) is 15.2. The number of nitrogens with one attached hydrogen (secondary N) is 2. The van der Waals surface area contributed by atoms with Crippen LogP contribution in [0.3, 0.4) is 0 Å². The maximum atomic E-state index is 11.9. The van der Waals surface area contributed by atoms with Crippen LogP contribution in [0.5, 0.6) is 0 Å². The van der Waals surface area contributed by atoms with E-state index in [2.05, 4.69) is 10.6 Å². The second-order valence-corrected chi connectivity index (χ2v) is 4.65. The van der Waals surface area contributed by atoms with E-state index < -0.39 is 0 Å². The molecule has 19 heavy (non-hydrogen) atoms. The third-order valence-corrected chi connectivity index (χ3v) is 2.98. The summed E-state index contributed by atoms with van der Waals surface area (Å²) in [4.78, 5) is 23.1. The molecule has 0 bridgehead atoms. The van der Waals surface area contributed by atoms with E-state index in [-0.39, 0.29) is 11.8 Å². The van der Waals surface area contributed by atoms with E-state index in [4.69, 9.17) is 0 Å². The summed E-state index contributed by atoms with van der Waals surface area (Å²) in [6.45, 7) is 6.87. The van der Waals surface area contributed by atoms with Crippen LogP contribution >= 0.6 is 0 Å². The normalized spacial score (nSPS) is 10.1. The fourth-order valence-corrected chi connectivity index (χ4v) is 1.68. The third kappa shape index (κ3) is 5.12. The van der Waals surface area contributed by atoms with Crippen LogP contribution in [0.15, 0.2) is 18.2 Å². The van der Waals surface area contributed by atoms with E-state index >= 15 is 0 Å². The van der Waals surface area contributed by atoms with Crippen molar-refractivity contribution in [3.05, 3.63) is 34.9 Å². The molecule has 1 rings (SSSR count). The van der Waals surface area contributed by atoms with Crippen LogP contribution in [0.1, 0.15) is 41.3 Å². The van der Waals surface area contributed by atoms with Crippen LogP contribution in [-0.2, 0) is 4.79 Å². The van der Waals surface area contributed by atoms with Crippen molar-refractivity contribution >= 4 is 11.8 Å². The Morgan fingerprint density at radius 3 is 2.37 bits per heavy atom. The molecular formula is C15H22N2O2. The summed E-state index contributed by atoms with van der Waals surface area (Å²) in [5.74, 6) is -0.0734. The fraction of sp³-hybridized carbons (Fsp3) is 0.467. The van der Waals surface area contributed by atoms with Crippen molar-refractivity contribution in [1.82, 2.24) is 10.6 Å². The van der Waals surface area contributed by atoms with E-state index in [0.29, 0.717) is 25.1 Å². The first-order valence-electron chi connectivity index (χ1n) is 6.66. The molecule has 0 saturated carbocycles. The average Bonchev–Trinajstić information content (AvgIpc) is 2.38. The van der Waals surface area contributed by atoms with E-state index in [1.165, 1.54) is 5.56 Å². The maximum absolute atomic E-state index is 11.9. The molecule has 0 aromatic heterocycles. The predicted molar refractivity (Wildman–Crippen MR) is 76.2 cm³/mol. The number of carbonyl (C=O) groups is 2. The Bertz CT molecular complexity index is 455. The molecule has 0 spiro atoms. The molecule has 2 amide bonds. The van der Waals surface area contributed by atoms with Crippen molar-refractivity contribution in [1.29, 1.82) is 0 Å². The first-order valence-corrected chi connectivity index (χ1v) is 6.66. The standard InChI is InChI=1S/C15H22N2O2/c1-4-5-14(18)16-8-9-17-15(19)13-7-6-11(2)12(3)10-13/h6-7,10H,4-5,8-9H2,1-3H3,(H,16,18)(H,17,19). The van der Waals surface area contributed by atoms with Gasteiger partial charge in [0.25, 0.3) is 5.91 Å². The van der Waals surface area contributed by atoms with Gasteiger partial charge in [0.05, 0.1) is 0 Å². The van der Waals surface area contributed by atoms with Gasteiger partial charge in [0.2, 0.25) is 5.91 Å². The topological polar surface area (TPSA) is 58.2 Å². The summed E-state index contributed by atoms with van der Waals surface area (Å²) in [5, 5.41) is 5.55. The molecule has 0 aliphatic rings. The van der Waals surface area contributed by atoms with Crippen molar-refractivity contribution in [3.8, 4) is 0 Å². The average molecular weight is 262 g/mol. The number of aryl methyl sites for hydroxylation is 2. The SMILES string of the molecule is CCCC(=O)NCCNC(=O)c1ccc(C)c(C)c1. The Hall–Kier alpha value is -1.84. The highest BCUT2D eigenvalue weighted by atomic mass is 16.2. The molecular weight excluding hydrogens is 240 g/mol. The van der Waals surface area contributed by atoms with Gasteiger partial charge in [-0.05, 0) is 43.5 Å². The Balaban J connectivity index is 2.35. The molecule has 0 radical (unpaired) electrons. The lowest BCUT2D eigenvalue weighted by Gasteiger charge is -2.08. The predicted octanol–water partition coefficient (Wildman–Crippen LogP) is 1.95. The van der Waals surface area contributed by atoms with Crippen molar-refractivity contribution in [3.63, 3.8) is 0 Å².